The summed E-state index contributed by atoms with van der Waals surface area (Å²) >= 11 is 5.79. The Morgan fingerprint density at radius 3 is 2.50 bits per heavy atom. The number of rotatable bonds is 4. The van der Waals surface area contributed by atoms with Gasteiger partial charge >= 0.3 is 0 Å². The highest BCUT2D eigenvalue weighted by Gasteiger charge is 2.39. The molecule has 5 unspecified atom stereocenters. The lowest BCUT2D eigenvalue weighted by Crippen LogP contribution is -2.52. The van der Waals surface area contributed by atoms with E-state index in [-0.39, 0.29) is 6.61 Å². The fourth-order valence-electron chi connectivity index (χ4n) is 1.98. The molecular formula is C13H17ClO6. The molecule has 1 aromatic rings. The molecule has 0 aromatic heterocycles. The van der Waals surface area contributed by atoms with Crippen molar-refractivity contribution in [2.24, 2.45) is 0 Å². The summed E-state index contributed by atoms with van der Waals surface area (Å²) in [7, 11) is 0. The van der Waals surface area contributed by atoms with E-state index < -0.39 is 37.3 Å². The molecule has 1 aromatic carbocycles. The zero-order valence-corrected chi connectivity index (χ0v) is 11.3. The number of benzene rings is 1. The van der Waals surface area contributed by atoms with Gasteiger partial charge < -0.3 is 29.9 Å². The van der Waals surface area contributed by atoms with Crippen LogP contribution in [0.5, 0.6) is 0 Å². The van der Waals surface area contributed by atoms with E-state index in [0.717, 1.165) is 0 Å². The van der Waals surface area contributed by atoms with E-state index in [9.17, 15) is 15.3 Å². The van der Waals surface area contributed by atoms with Crippen molar-refractivity contribution in [2.45, 2.75) is 30.7 Å². The third kappa shape index (κ3) is 3.48. The zero-order valence-electron chi connectivity index (χ0n) is 10.6. The Morgan fingerprint density at radius 2 is 1.90 bits per heavy atom. The highest BCUT2D eigenvalue weighted by Crippen LogP contribution is 2.29. The maximum Gasteiger partial charge on any atom is 0.184 e. The molecule has 0 spiro atoms. The van der Waals surface area contributed by atoms with Gasteiger partial charge in [-0.25, -0.2) is 0 Å². The van der Waals surface area contributed by atoms with Crippen molar-refractivity contribution in [1.82, 2.24) is 0 Å². The standard InChI is InChI=1S/C13H17ClO6/c14-8-3-1-7(2-4-8)13-19-6-10(17)12(20-13)11(18)9(16)5-15/h1-4,9-13,15-18H,5-6H2. The number of aliphatic hydroxyl groups is 4. The summed E-state index contributed by atoms with van der Waals surface area (Å²) in [4.78, 5) is 0. The van der Waals surface area contributed by atoms with Gasteiger partial charge in [0.05, 0.1) is 13.2 Å². The van der Waals surface area contributed by atoms with Crippen molar-refractivity contribution in [3.8, 4) is 0 Å². The Hall–Kier alpha value is -0.730. The molecule has 0 bridgehead atoms. The van der Waals surface area contributed by atoms with Crippen molar-refractivity contribution < 1.29 is 29.9 Å². The van der Waals surface area contributed by atoms with Crippen molar-refractivity contribution in [2.75, 3.05) is 13.2 Å². The van der Waals surface area contributed by atoms with Crippen LogP contribution in [-0.4, -0.2) is 58.1 Å². The second kappa shape index (κ2) is 6.82. The average molecular weight is 305 g/mol. The Balaban J connectivity index is 2.09. The summed E-state index contributed by atoms with van der Waals surface area (Å²) < 4.78 is 10.8. The Bertz CT molecular complexity index is 425. The zero-order chi connectivity index (χ0) is 14.7. The van der Waals surface area contributed by atoms with E-state index >= 15 is 0 Å². The topological polar surface area (TPSA) is 99.4 Å². The van der Waals surface area contributed by atoms with Gasteiger partial charge in [0, 0.05) is 10.6 Å². The molecule has 112 valence electrons. The minimum absolute atomic E-state index is 0.0484. The summed E-state index contributed by atoms with van der Waals surface area (Å²) in [6, 6.07) is 6.75. The van der Waals surface area contributed by atoms with E-state index in [1.165, 1.54) is 0 Å². The van der Waals surface area contributed by atoms with Crippen molar-refractivity contribution in [3.05, 3.63) is 34.9 Å². The van der Waals surface area contributed by atoms with Crippen molar-refractivity contribution in [1.29, 1.82) is 0 Å². The third-order valence-corrected chi connectivity index (χ3v) is 3.39. The summed E-state index contributed by atoms with van der Waals surface area (Å²) in [6.07, 6.45) is -5.71. The molecule has 0 radical (unpaired) electrons. The first-order chi connectivity index (χ1) is 9.52. The second-order valence-electron chi connectivity index (χ2n) is 4.63. The SMILES string of the molecule is OCC(O)C(O)C1OC(c2ccc(Cl)cc2)OCC1O. The van der Waals surface area contributed by atoms with Gasteiger partial charge in [-0.1, -0.05) is 23.7 Å². The molecule has 0 amide bonds. The van der Waals surface area contributed by atoms with Crippen molar-refractivity contribution >= 4 is 11.6 Å². The van der Waals surface area contributed by atoms with Gasteiger partial charge in [-0.15, -0.1) is 0 Å². The van der Waals surface area contributed by atoms with Gasteiger partial charge in [-0.05, 0) is 12.1 Å². The van der Waals surface area contributed by atoms with Crippen LogP contribution in [0, 0.1) is 0 Å². The van der Waals surface area contributed by atoms with Gasteiger partial charge in [-0.3, -0.25) is 0 Å². The fraction of sp³-hybridized carbons (Fsp3) is 0.538. The lowest BCUT2D eigenvalue weighted by Gasteiger charge is -2.37. The van der Waals surface area contributed by atoms with Crippen LogP contribution in [0.3, 0.4) is 0 Å². The molecule has 1 saturated heterocycles. The summed E-state index contributed by atoms with van der Waals surface area (Å²) in [5, 5.41) is 38.5. The monoisotopic (exact) mass is 304 g/mol. The van der Waals surface area contributed by atoms with Gasteiger partial charge in [0.1, 0.15) is 24.4 Å². The highest BCUT2D eigenvalue weighted by atomic mass is 35.5. The lowest BCUT2D eigenvalue weighted by atomic mass is 10.0. The Labute approximate surface area is 121 Å². The molecule has 0 saturated carbocycles. The van der Waals surface area contributed by atoms with Crippen molar-refractivity contribution in [3.63, 3.8) is 0 Å². The van der Waals surface area contributed by atoms with E-state index in [1.807, 2.05) is 0 Å². The van der Waals surface area contributed by atoms with Crippen LogP contribution in [0.4, 0.5) is 0 Å². The molecule has 2 rings (SSSR count). The number of hydrogen-bond acceptors (Lipinski definition) is 6. The van der Waals surface area contributed by atoms with E-state index in [4.69, 9.17) is 26.2 Å². The van der Waals surface area contributed by atoms with Gasteiger partial charge in [-0.2, -0.15) is 0 Å². The molecule has 0 aliphatic carbocycles. The number of ether oxygens (including phenoxy) is 2. The van der Waals surface area contributed by atoms with Gasteiger partial charge in [0.25, 0.3) is 0 Å². The van der Waals surface area contributed by atoms with E-state index in [2.05, 4.69) is 0 Å². The summed E-state index contributed by atoms with van der Waals surface area (Å²) in [5.74, 6) is 0. The first-order valence-electron chi connectivity index (χ1n) is 6.20. The van der Waals surface area contributed by atoms with E-state index in [0.29, 0.717) is 10.6 Å². The highest BCUT2D eigenvalue weighted by molar-refractivity contribution is 6.30. The maximum atomic E-state index is 9.85. The van der Waals surface area contributed by atoms with Crippen LogP contribution in [0.25, 0.3) is 0 Å². The third-order valence-electron chi connectivity index (χ3n) is 3.14. The van der Waals surface area contributed by atoms with Gasteiger partial charge in [0.15, 0.2) is 6.29 Å². The fourth-order valence-corrected chi connectivity index (χ4v) is 2.11. The molecule has 7 heteroatoms. The predicted molar refractivity (Wildman–Crippen MR) is 70.1 cm³/mol. The molecule has 4 N–H and O–H groups in total. The summed E-state index contributed by atoms with van der Waals surface area (Å²) in [6.45, 7) is -0.673. The molecule has 6 nitrogen and oxygen atoms in total. The van der Waals surface area contributed by atoms with Crippen LogP contribution in [-0.2, 0) is 9.47 Å². The van der Waals surface area contributed by atoms with E-state index in [1.54, 1.807) is 24.3 Å². The van der Waals surface area contributed by atoms with Crippen LogP contribution in [0.2, 0.25) is 5.02 Å². The lowest BCUT2D eigenvalue weighted by molar-refractivity contribution is -0.284. The molecule has 1 aliphatic rings. The Kier molecular flexibility index (Phi) is 5.34. The largest absolute Gasteiger partial charge is 0.394 e. The number of halogens is 1. The molecular weight excluding hydrogens is 288 g/mol. The van der Waals surface area contributed by atoms with Gasteiger partial charge in [0.2, 0.25) is 0 Å². The first kappa shape index (κ1) is 15.7. The molecule has 1 heterocycles. The summed E-state index contributed by atoms with van der Waals surface area (Å²) in [5.41, 5.74) is 0.678. The number of aliphatic hydroxyl groups excluding tert-OH is 4. The number of hydrogen-bond donors (Lipinski definition) is 4. The minimum Gasteiger partial charge on any atom is -0.394 e. The minimum atomic E-state index is -1.41. The molecule has 20 heavy (non-hydrogen) atoms. The second-order valence-corrected chi connectivity index (χ2v) is 5.06. The smallest absolute Gasteiger partial charge is 0.184 e. The Morgan fingerprint density at radius 1 is 1.25 bits per heavy atom. The van der Waals surface area contributed by atoms with Crippen LogP contribution >= 0.6 is 11.6 Å². The van der Waals surface area contributed by atoms with Crippen LogP contribution in [0.15, 0.2) is 24.3 Å². The molecule has 1 fully saturated rings. The molecule has 1 aliphatic heterocycles. The van der Waals surface area contributed by atoms with Crippen LogP contribution in [0.1, 0.15) is 11.9 Å². The maximum absolute atomic E-state index is 9.85. The van der Waals surface area contributed by atoms with Crippen LogP contribution < -0.4 is 0 Å². The normalized spacial score (nSPS) is 29.9. The first-order valence-corrected chi connectivity index (χ1v) is 6.58. The molecule has 5 atom stereocenters. The quantitative estimate of drug-likeness (QED) is 0.616. The predicted octanol–water partition coefficient (Wildman–Crippen LogP) is -0.171. The average Bonchev–Trinajstić information content (AvgIpc) is 2.47.